The summed E-state index contributed by atoms with van der Waals surface area (Å²) in [5.74, 6) is -0.613. The van der Waals surface area contributed by atoms with Gasteiger partial charge in [0.2, 0.25) is 0 Å². The van der Waals surface area contributed by atoms with Crippen LogP contribution in [0.15, 0.2) is 45.5 Å². The van der Waals surface area contributed by atoms with Gasteiger partial charge in [-0.05, 0) is 31.0 Å². The lowest BCUT2D eigenvalue weighted by Gasteiger charge is -2.28. The number of esters is 1. The highest BCUT2D eigenvalue weighted by Crippen LogP contribution is 2.40. The molecule has 2 heterocycles. The van der Waals surface area contributed by atoms with Gasteiger partial charge in [0.05, 0.1) is 24.2 Å². The monoisotopic (exact) mass is 389 g/mol. The maximum Gasteiger partial charge on any atom is 0.336 e. The molecule has 1 aliphatic rings. The van der Waals surface area contributed by atoms with E-state index in [0.717, 1.165) is 12.2 Å². The molecule has 0 amide bonds. The summed E-state index contributed by atoms with van der Waals surface area (Å²) in [7, 11) is 1.27. The van der Waals surface area contributed by atoms with Gasteiger partial charge in [-0.3, -0.25) is 4.79 Å². The minimum absolute atomic E-state index is 0.261. The van der Waals surface area contributed by atoms with E-state index in [4.69, 9.17) is 4.74 Å². The Hall–Kier alpha value is -2.61. The van der Waals surface area contributed by atoms with Crippen LogP contribution in [0.5, 0.6) is 0 Å². The summed E-state index contributed by atoms with van der Waals surface area (Å²) in [4.78, 5) is 32.5. The Morgan fingerprint density at radius 1 is 1.41 bits per heavy atom. The van der Waals surface area contributed by atoms with Gasteiger partial charge in [0.25, 0.3) is 5.56 Å². The number of fused-ring (bicyclic) bond motifs is 1. The molecular weight excluding hydrogens is 369 g/mol. The second-order valence-corrected chi connectivity index (χ2v) is 7.21. The molecule has 0 fully saturated rings. The predicted octanol–water partition coefficient (Wildman–Crippen LogP) is 3.42. The van der Waals surface area contributed by atoms with Crippen LogP contribution in [0.4, 0.5) is 10.2 Å². The summed E-state index contributed by atoms with van der Waals surface area (Å²) in [6, 6.07) is 5.85. The number of nitrogens with zero attached hydrogens (tertiary/aromatic N) is 1. The van der Waals surface area contributed by atoms with Crippen molar-refractivity contribution in [3.05, 3.63) is 62.8 Å². The van der Waals surface area contributed by atoms with Crippen molar-refractivity contribution in [1.29, 1.82) is 0 Å². The van der Waals surface area contributed by atoms with Gasteiger partial charge in [-0.25, -0.2) is 14.2 Å². The Morgan fingerprint density at radius 3 is 2.85 bits per heavy atom. The quantitative estimate of drug-likeness (QED) is 0.463. The molecular formula is C19H20FN3O3S. The predicted molar refractivity (Wildman–Crippen MR) is 102 cm³/mol. The molecule has 2 N–H and O–H groups in total. The number of thioether (sulfide) groups is 1. The summed E-state index contributed by atoms with van der Waals surface area (Å²) in [6.07, 6.45) is 0.941. The van der Waals surface area contributed by atoms with Gasteiger partial charge in [-0.15, -0.1) is 0 Å². The number of aromatic amines is 1. The summed E-state index contributed by atoms with van der Waals surface area (Å²) in [5, 5.41) is 3.54. The molecule has 1 aliphatic heterocycles. The Kier molecular flexibility index (Phi) is 5.65. The smallest absolute Gasteiger partial charge is 0.336 e. The first-order valence-corrected chi connectivity index (χ1v) is 9.53. The lowest BCUT2D eigenvalue weighted by atomic mass is 9.82. The summed E-state index contributed by atoms with van der Waals surface area (Å²) >= 11 is 1.45. The van der Waals surface area contributed by atoms with Crippen LogP contribution < -0.4 is 10.9 Å². The molecule has 6 nitrogen and oxygen atoms in total. The number of halogens is 1. The van der Waals surface area contributed by atoms with E-state index in [1.165, 1.54) is 31.0 Å². The second kappa shape index (κ2) is 7.96. The van der Waals surface area contributed by atoms with Gasteiger partial charge in [-0.1, -0.05) is 30.8 Å². The third kappa shape index (κ3) is 3.75. The van der Waals surface area contributed by atoms with Crippen LogP contribution >= 0.6 is 11.8 Å². The average Bonchev–Trinajstić information content (AvgIpc) is 2.64. The lowest BCUT2D eigenvalue weighted by molar-refractivity contribution is -0.136. The van der Waals surface area contributed by atoms with Crippen molar-refractivity contribution in [2.45, 2.75) is 31.3 Å². The maximum atomic E-state index is 13.9. The number of benzene rings is 1. The molecule has 8 heteroatoms. The number of hydrogen-bond acceptors (Lipinski definition) is 6. The van der Waals surface area contributed by atoms with Crippen molar-refractivity contribution >= 4 is 23.5 Å². The molecule has 27 heavy (non-hydrogen) atoms. The average molecular weight is 389 g/mol. The number of ether oxygens (including phenoxy) is 1. The molecule has 0 aliphatic carbocycles. The van der Waals surface area contributed by atoms with Crippen LogP contribution in [0.2, 0.25) is 0 Å². The molecule has 2 aromatic rings. The standard InChI is InChI=1S/C19H20FN3O3S/c1-4-8-27-19-22-16-15(17(24)23-19)14(11-6-5-7-12(20)9-11)13(10(2)21-16)18(25)26-3/h5-7,9,14H,4,8H2,1-3H3,(H2,21,22,23,24)/t14-/m0/s1. The number of methoxy groups -OCH3 is 1. The van der Waals surface area contributed by atoms with Gasteiger partial charge in [0.15, 0.2) is 5.16 Å². The van der Waals surface area contributed by atoms with Crippen LogP contribution in [0.3, 0.4) is 0 Å². The van der Waals surface area contributed by atoms with Crippen molar-refractivity contribution in [2.75, 3.05) is 18.2 Å². The maximum absolute atomic E-state index is 13.9. The zero-order valence-electron chi connectivity index (χ0n) is 15.3. The normalized spacial score (nSPS) is 15.9. The first-order chi connectivity index (χ1) is 13.0. The van der Waals surface area contributed by atoms with Crippen molar-refractivity contribution in [3.8, 4) is 0 Å². The zero-order chi connectivity index (χ0) is 19.6. The summed E-state index contributed by atoms with van der Waals surface area (Å²) in [6.45, 7) is 3.75. The number of aromatic nitrogens is 2. The highest BCUT2D eigenvalue weighted by Gasteiger charge is 2.36. The van der Waals surface area contributed by atoms with E-state index in [1.54, 1.807) is 19.1 Å². The Labute approximate surface area is 160 Å². The number of allylic oxidation sites excluding steroid dienone is 1. The van der Waals surface area contributed by atoms with E-state index < -0.39 is 17.7 Å². The first kappa shape index (κ1) is 19.2. The number of H-pyrrole nitrogens is 1. The highest BCUT2D eigenvalue weighted by atomic mass is 32.2. The van der Waals surface area contributed by atoms with Gasteiger partial charge in [-0.2, -0.15) is 0 Å². The topological polar surface area (TPSA) is 84.1 Å². The van der Waals surface area contributed by atoms with Gasteiger partial charge >= 0.3 is 5.97 Å². The minimum atomic E-state index is -0.772. The fourth-order valence-corrected chi connectivity index (χ4v) is 3.82. The Morgan fingerprint density at radius 2 is 2.19 bits per heavy atom. The number of hydrogen-bond donors (Lipinski definition) is 2. The highest BCUT2D eigenvalue weighted by molar-refractivity contribution is 7.99. The molecule has 0 saturated carbocycles. The van der Waals surface area contributed by atoms with E-state index in [2.05, 4.69) is 15.3 Å². The van der Waals surface area contributed by atoms with Crippen LogP contribution in [0.1, 0.15) is 37.3 Å². The van der Waals surface area contributed by atoms with Gasteiger partial charge in [0, 0.05) is 11.4 Å². The van der Waals surface area contributed by atoms with Gasteiger partial charge in [0.1, 0.15) is 11.6 Å². The van der Waals surface area contributed by atoms with Crippen molar-refractivity contribution in [2.24, 2.45) is 0 Å². The van der Waals surface area contributed by atoms with E-state index in [0.29, 0.717) is 22.2 Å². The van der Waals surface area contributed by atoms with E-state index in [1.807, 2.05) is 6.92 Å². The second-order valence-electron chi connectivity index (χ2n) is 6.13. The van der Waals surface area contributed by atoms with Crippen molar-refractivity contribution in [3.63, 3.8) is 0 Å². The number of anilines is 1. The van der Waals surface area contributed by atoms with Crippen LogP contribution in [0, 0.1) is 5.82 Å². The molecule has 1 aromatic heterocycles. The fraction of sp³-hybridized carbons (Fsp3) is 0.316. The van der Waals surface area contributed by atoms with Crippen LogP contribution in [-0.4, -0.2) is 28.8 Å². The lowest BCUT2D eigenvalue weighted by Crippen LogP contribution is -2.31. The van der Waals surface area contributed by atoms with E-state index >= 15 is 0 Å². The molecule has 1 aromatic carbocycles. The van der Waals surface area contributed by atoms with Crippen molar-refractivity contribution < 1.29 is 13.9 Å². The Balaban J connectivity index is 2.21. The van der Waals surface area contributed by atoms with Crippen molar-refractivity contribution in [1.82, 2.24) is 9.97 Å². The molecule has 1 atom stereocenters. The zero-order valence-corrected chi connectivity index (χ0v) is 16.1. The number of rotatable bonds is 5. The molecule has 0 radical (unpaired) electrons. The summed E-state index contributed by atoms with van der Waals surface area (Å²) < 4.78 is 18.8. The van der Waals surface area contributed by atoms with Crippen LogP contribution in [0.25, 0.3) is 0 Å². The molecule has 0 saturated heterocycles. The molecule has 142 valence electrons. The van der Waals surface area contributed by atoms with Crippen LogP contribution in [-0.2, 0) is 9.53 Å². The molecule has 3 rings (SSSR count). The fourth-order valence-electron chi connectivity index (χ4n) is 3.10. The number of carbonyl (C=O) groups is 1. The third-order valence-electron chi connectivity index (χ3n) is 4.25. The molecule has 0 unspecified atom stereocenters. The van der Waals surface area contributed by atoms with E-state index in [9.17, 15) is 14.0 Å². The van der Waals surface area contributed by atoms with E-state index in [-0.39, 0.29) is 16.7 Å². The largest absolute Gasteiger partial charge is 0.466 e. The molecule has 0 bridgehead atoms. The summed E-state index contributed by atoms with van der Waals surface area (Å²) in [5.41, 5.74) is 1.17. The third-order valence-corrected chi connectivity index (χ3v) is 5.33. The number of carbonyl (C=O) groups excluding carboxylic acids is 1. The van der Waals surface area contributed by atoms with Gasteiger partial charge < -0.3 is 15.0 Å². The first-order valence-electron chi connectivity index (χ1n) is 8.54. The number of nitrogens with one attached hydrogen (secondary N) is 2. The SMILES string of the molecule is CCCSc1nc2c(c(=O)[nH]1)[C@@H](c1cccc(F)c1)C(C(=O)OC)=C(C)N2. The Bertz CT molecular complexity index is 971. The molecule has 0 spiro atoms. The minimum Gasteiger partial charge on any atom is -0.466 e.